The summed E-state index contributed by atoms with van der Waals surface area (Å²) < 4.78 is 0. The first-order valence-electron chi connectivity index (χ1n) is 6.76. The van der Waals surface area contributed by atoms with Gasteiger partial charge in [0, 0.05) is 0 Å². The standard InChI is InChI=1S/C17H16Cl2/c18-16-9-8-12(11-17(16)19)10-14-6-3-5-13-4-1-2-7-15(13)14/h1-2,4,7-9,11,14H,3,5-6,10H2. The number of aryl methyl sites for hydroxylation is 1. The Hall–Kier alpha value is -0.980. The van der Waals surface area contributed by atoms with Crippen molar-refractivity contribution < 1.29 is 0 Å². The van der Waals surface area contributed by atoms with Gasteiger partial charge in [0.05, 0.1) is 10.0 Å². The second-order valence-corrected chi connectivity index (χ2v) is 6.05. The first-order chi connectivity index (χ1) is 9.24. The molecular weight excluding hydrogens is 275 g/mol. The van der Waals surface area contributed by atoms with Crippen LogP contribution >= 0.6 is 23.2 Å². The average Bonchev–Trinajstić information content (AvgIpc) is 2.43. The highest BCUT2D eigenvalue weighted by Gasteiger charge is 2.20. The number of hydrogen-bond acceptors (Lipinski definition) is 0. The quantitative estimate of drug-likeness (QED) is 0.670. The van der Waals surface area contributed by atoms with Gasteiger partial charge in [0.15, 0.2) is 0 Å². The number of benzene rings is 2. The fraction of sp³-hybridized carbons (Fsp3) is 0.294. The van der Waals surface area contributed by atoms with Crippen LogP contribution in [0.3, 0.4) is 0 Å². The third-order valence-corrected chi connectivity index (χ3v) is 4.70. The molecule has 0 spiro atoms. The van der Waals surface area contributed by atoms with Gasteiger partial charge in [-0.1, -0.05) is 53.5 Å². The van der Waals surface area contributed by atoms with Crippen LogP contribution in [0, 0.1) is 0 Å². The highest BCUT2D eigenvalue weighted by Crippen LogP contribution is 2.35. The predicted molar refractivity (Wildman–Crippen MR) is 82.3 cm³/mol. The van der Waals surface area contributed by atoms with E-state index in [4.69, 9.17) is 23.2 Å². The lowest BCUT2D eigenvalue weighted by Gasteiger charge is -2.25. The molecule has 0 fully saturated rings. The zero-order chi connectivity index (χ0) is 13.2. The van der Waals surface area contributed by atoms with Crippen LogP contribution in [0.25, 0.3) is 0 Å². The molecule has 0 N–H and O–H groups in total. The van der Waals surface area contributed by atoms with Crippen LogP contribution in [0.5, 0.6) is 0 Å². The van der Waals surface area contributed by atoms with Crippen molar-refractivity contribution in [2.24, 2.45) is 0 Å². The topological polar surface area (TPSA) is 0 Å². The van der Waals surface area contributed by atoms with E-state index in [9.17, 15) is 0 Å². The van der Waals surface area contributed by atoms with Gasteiger partial charge in [0.25, 0.3) is 0 Å². The molecule has 98 valence electrons. The Balaban J connectivity index is 1.86. The lowest BCUT2D eigenvalue weighted by atomic mass is 9.80. The van der Waals surface area contributed by atoms with Crippen LogP contribution in [0.1, 0.15) is 35.4 Å². The maximum Gasteiger partial charge on any atom is 0.0595 e. The highest BCUT2D eigenvalue weighted by atomic mass is 35.5. The molecule has 2 aromatic carbocycles. The zero-order valence-corrected chi connectivity index (χ0v) is 12.2. The summed E-state index contributed by atoms with van der Waals surface area (Å²) in [5.74, 6) is 0.613. The van der Waals surface area contributed by atoms with Crippen LogP contribution in [0.15, 0.2) is 42.5 Å². The van der Waals surface area contributed by atoms with Gasteiger partial charge in [-0.15, -0.1) is 0 Å². The number of rotatable bonds is 2. The van der Waals surface area contributed by atoms with E-state index in [1.54, 1.807) is 0 Å². The van der Waals surface area contributed by atoms with E-state index in [2.05, 4.69) is 30.3 Å². The molecule has 19 heavy (non-hydrogen) atoms. The minimum atomic E-state index is 0.613. The van der Waals surface area contributed by atoms with E-state index in [0.29, 0.717) is 16.0 Å². The van der Waals surface area contributed by atoms with Crippen molar-refractivity contribution in [3.8, 4) is 0 Å². The lowest BCUT2D eigenvalue weighted by Crippen LogP contribution is -2.11. The molecule has 2 heteroatoms. The zero-order valence-electron chi connectivity index (χ0n) is 10.7. The second-order valence-electron chi connectivity index (χ2n) is 5.24. The molecule has 0 aromatic heterocycles. The van der Waals surface area contributed by atoms with Crippen LogP contribution in [0.4, 0.5) is 0 Å². The Morgan fingerprint density at radius 2 is 1.84 bits per heavy atom. The molecule has 1 unspecified atom stereocenters. The fourth-order valence-corrected chi connectivity index (χ4v) is 3.34. The van der Waals surface area contributed by atoms with Gasteiger partial charge in [-0.25, -0.2) is 0 Å². The summed E-state index contributed by atoms with van der Waals surface area (Å²) in [7, 11) is 0. The second kappa shape index (κ2) is 5.56. The molecule has 1 aliphatic rings. The Labute approximate surface area is 124 Å². The molecule has 0 radical (unpaired) electrons. The predicted octanol–water partition coefficient (Wildman–Crippen LogP) is 5.66. The van der Waals surface area contributed by atoms with Crippen LogP contribution in [-0.2, 0) is 12.8 Å². The molecule has 0 saturated carbocycles. The Bertz CT molecular complexity index is 590. The molecule has 1 atom stereocenters. The van der Waals surface area contributed by atoms with Crippen molar-refractivity contribution in [3.05, 3.63) is 69.2 Å². The number of halogens is 2. The van der Waals surface area contributed by atoms with Crippen molar-refractivity contribution in [3.63, 3.8) is 0 Å². The maximum atomic E-state index is 6.10. The normalized spacial score (nSPS) is 18.1. The van der Waals surface area contributed by atoms with Crippen LogP contribution < -0.4 is 0 Å². The molecular formula is C17H16Cl2. The van der Waals surface area contributed by atoms with Crippen molar-refractivity contribution >= 4 is 23.2 Å². The van der Waals surface area contributed by atoms with Crippen molar-refractivity contribution in [2.45, 2.75) is 31.6 Å². The Kier molecular flexibility index (Phi) is 3.81. The van der Waals surface area contributed by atoms with E-state index in [1.165, 1.54) is 36.0 Å². The van der Waals surface area contributed by atoms with E-state index >= 15 is 0 Å². The van der Waals surface area contributed by atoms with E-state index < -0.39 is 0 Å². The fourth-order valence-electron chi connectivity index (χ4n) is 3.02. The summed E-state index contributed by atoms with van der Waals surface area (Å²) in [6.45, 7) is 0. The largest absolute Gasteiger partial charge is 0.0827 e. The van der Waals surface area contributed by atoms with E-state index in [-0.39, 0.29) is 0 Å². The summed E-state index contributed by atoms with van der Waals surface area (Å²) in [6.07, 6.45) is 4.81. The first-order valence-corrected chi connectivity index (χ1v) is 7.51. The number of hydrogen-bond donors (Lipinski definition) is 0. The van der Waals surface area contributed by atoms with Gasteiger partial charge in [0.2, 0.25) is 0 Å². The molecule has 0 heterocycles. The van der Waals surface area contributed by atoms with E-state index in [0.717, 1.165) is 6.42 Å². The third-order valence-electron chi connectivity index (χ3n) is 3.96. The SMILES string of the molecule is Clc1ccc(CC2CCCc3ccccc32)cc1Cl. The van der Waals surface area contributed by atoms with Gasteiger partial charge in [-0.3, -0.25) is 0 Å². The third kappa shape index (κ3) is 2.80. The molecule has 0 bridgehead atoms. The van der Waals surface area contributed by atoms with Crippen LogP contribution in [-0.4, -0.2) is 0 Å². The molecule has 2 aromatic rings. The minimum Gasteiger partial charge on any atom is -0.0827 e. The van der Waals surface area contributed by atoms with Gasteiger partial charge in [0.1, 0.15) is 0 Å². The van der Waals surface area contributed by atoms with Gasteiger partial charge < -0.3 is 0 Å². The van der Waals surface area contributed by atoms with Crippen LogP contribution in [0.2, 0.25) is 10.0 Å². The minimum absolute atomic E-state index is 0.613. The van der Waals surface area contributed by atoms with Gasteiger partial charge in [-0.05, 0) is 60.4 Å². The Morgan fingerprint density at radius 1 is 1.00 bits per heavy atom. The average molecular weight is 291 g/mol. The van der Waals surface area contributed by atoms with Gasteiger partial charge in [-0.2, -0.15) is 0 Å². The maximum absolute atomic E-state index is 6.10. The molecule has 0 amide bonds. The van der Waals surface area contributed by atoms with Crippen molar-refractivity contribution in [1.29, 1.82) is 0 Å². The molecule has 1 aliphatic carbocycles. The Morgan fingerprint density at radius 3 is 2.68 bits per heavy atom. The molecule has 0 nitrogen and oxygen atoms in total. The molecule has 3 rings (SSSR count). The van der Waals surface area contributed by atoms with E-state index in [1.807, 2.05) is 12.1 Å². The van der Waals surface area contributed by atoms with Crippen molar-refractivity contribution in [2.75, 3.05) is 0 Å². The summed E-state index contributed by atoms with van der Waals surface area (Å²) in [5, 5.41) is 1.29. The van der Waals surface area contributed by atoms with Crippen molar-refractivity contribution in [1.82, 2.24) is 0 Å². The first kappa shape index (κ1) is 13.0. The molecule has 0 saturated heterocycles. The van der Waals surface area contributed by atoms with Gasteiger partial charge >= 0.3 is 0 Å². The summed E-state index contributed by atoms with van der Waals surface area (Å²) in [5.41, 5.74) is 4.30. The lowest BCUT2D eigenvalue weighted by molar-refractivity contribution is 0.550. The molecule has 0 aliphatic heterocycles. The summed E-state index contributed by atoms with van der Waals surface area (Å²) >= 11 is 12.1. The smallest absolute Gasteiger partial charge is 0.0595 e. The number of fused-ring (bicyclic) bond motifs is 1. The monoisotopic (exact) mass is 290 g/mol. The summed E-state index contributed by atoms with van der Waals surface area (Å²) in [4.78, 5) is 0. The highest BCUT2D eigenvalue weighted by molar-refractivity contribution is 6.42. The summed E-state index contributed by atoms with van der Waals surface area (Å²) in [6, 6.07) is 14.8.